The molecule has 0 amide bonds. The number of thioether (sulfide) groups is 1. The Bertz CT molecular complexity index is 253. The lowest BCUT2D eigenvalue weighted by molar-refractivity contribution is 0.888. The average Bonchev–Trinajstić information content (AvgIpc) is 2.17. The minimum atomic E-state index is 0.882. The van der Waals surface area contributed by atoms with Crippen molar-refractivity contribution in [1.29, 1.82) is 0 Å². The van der Waals surface area contributed by atoms with Crippen LogP contribution >= 0.6 is 11.8 Å². The average molecular weight is 197 g/mol. The van der Waals surface area contributed by atoms with Crippen molar-refractivity contribution in [2.24, 2.45) is 0 Å². The maximum atomic E-state index is 4.36. The fourth-order valence-electron chi connectivity index (χ4n) is 1.01. The van der Waals surface area contributed by atoms with Crippen LogP contribution < -0.4 is 5.32 Å². The molecule has 0 aromatic carbocycles. The maximum Gasteiger partial charge on any atom is 0.131 e. The number of rotatable bonds is 4. The second-order valence-corrected chi connectivity index (χ2v) is 3.42. The minimum Gasteiger partial charge on any atom is -0.370 e. The van der Waals surface area contributed by atoms with Crippen LogP contribution in [0.25, 0.3) is 0 Å². The Labute approximate surface area is 83.4 Å². The SMILES string of the molecule is CCNc1cc(SC)nc(CC)n1. The molecule has 0 radical (unpaired) electrons. The molecule has 1 rings (SSSR count). The van der Waals surface area contributed by atoms with Gasteiger partial charge in [-0.1, -0.05) is 6.92 Å². The predicted molar refractivity (Wildman–Crippen MR) is 57.4 cm³/mol. The van der Waals surface area contributed by atoms with E-state index in [1.807, 2.05) is 12.3 Å². The number of anilines is 1. The molecular formula is C9H15N3S. The molecule has 0 aliphatic heterocycles. The maximum absolute atomic E-state index is 4.36. The van der Waals surface area contributed by atoms with Crippen LogP contribution in [0.1, 0.15) is 19.7 Å². The number of hydrogen-bond acceptors (Lipinski definition) is 4. The Balaban J connectivity index is 2.93. The summed E-state index contributed by atoms with van der Waals surface area (Å²) in [6, 6.07) is 1.98. The van der Waals surface area contributed by atoms with E-state index in [-0.39, 0.29) is 0 Å². The van der Waals surface area contributed by atoms with E-state index in [0.717, 1.165) is 29.6 Å². The first-order valence-corrected chi connectivity index (χ1v) is 5.68. The molecule has 0 unspecified atom stereocenters. The van der Waals surface area contributed by atoms with Gasteiger partial charge in [0.1, 0.15) is 16.7 Å². The Hall–Kier alpha value is -0.770. The summed E-state index contributed by atoms with van der Waals surface area (Å²) in [4.78, 5) is 8.72. The molecule has 0 bridgehead atoms. The minimum absolute atomic E-state index is 0.882. The van der Waals surface area contributed by atoms with Gasteiger partial charge in [-0.05, 0) is 13.2 Å². The summed E-state index contributed by atoms with van der Waals surface area (Å²) >= 11 is 1.65. The van der Waals surface area contributed by atoms with E-state index in [1.54, 1.807) is 11.8 Å². The monoisotopic (exact) mass is 197 g/mol. The van der Waals surface area contributed by atoms with E-state index >= 15 is 0 Å². The van der Waals surface area contributed by atoms with E-state index in [9.17, 15) is 0 Å². The van der Waals surface area contributed by atoms with Gasteiger partial charge in [-0.25, -0.2) is 9.97 Å². The normalized spacial score (nSPS) is 10.1. The molecular weight excluding hydrogens is 182 g/mol. The van der Waals surface area contributed by atoms with Crippen LogP contribution in [-0.4, -0.2) is 22.8 Å². The molecule has 3 nitrogen and oxygen atoms in total. The van der Waals surface area contributed by atoms with Crippen LogP contribution in [0.5, 0.6) is 0 Å². The van der Waals surface area contributed by atoms with Crippen molar-refractivity contribution < 1.29 is 0 Å². The first-order chi connectivity index (χ1) is 6.30. The molecule has 0 saturated heterocycles. The van der Waals surface area contributed by atoms with Gasteiger partial charge in [-0.2, -0.15) is 0 Å². The molecule has 1 heterocycles. The summed E-state index contributed by atoms with van der Waals surface area (Å²) < 4.78 is 0. The second kappa shape index (κ2) is 5.07. The number of aryl methyl sites for hydroxylation is 1. The molecule has 13 heavy (non-hydrogen) atoms. The van der Waals surface area contributed by atoms with Gasteiger partial charge in [-0.3, -0.25) is 0 Å². The third-order valence-electron chi connectivity index (χ3n) is 1.63. The van der Waals surface area contributed by atoms with E-state index in [1.165, 1.54) is 0 Å². The van der Waals surface area contributed by atoms with Crippen molar-refractivity contribution in [3.63, 3.8) is 0 Å². The van der Waals surface area contributed by atoms with Gasteiger partial charge in [0.25, 0.3) is 0 Å². The van der Waals surface area contributed by atoms with Crippen LogP contribution in [0.2, 0.25) is 0 Å². The van der Waals surface area contributed by atoms with Gasteiger partial charge in [-0.15, -0.1) is 11.8 Å². The summed E-state index contributed by atoms with van der Waals surface area (Å²) in [5.41, 5.74) is 0. The highest BCUT2D eigenvalue weighted by Gasteiger charge is 2.00. The molecule has 0 spiro atoms. The van der Waals surface area contributed by atoms with Crippen LogP contribution in [0.15, 0.2) is 11.1 Å². The second-order valence-electron chi connectivity index (χ2n) is 2.60. The van der Waals surface area contributed by atoms with E-state index in [0.29, 0.717) is 0 Å². The Morgan fingerprint density at radius 2 is 2.15 bits per heavy atom. The molecule has 0 saturated carbocycles. The highest BCUT2D eigenvalue weighted by atomic mass is 32.2. The van der Waals surface area contributed by atoms with E-state index in [4.69, 9.17) is 0 Å². The number of nitrogens with zero attached hydrogens (tertiary/aromatic N) is 2. The first kappa shape index (κ1) is 10.3. The van der Waals surface area contributed by atoms with Crippen molar-refractivity contribution in [3.8, 4) is 0 Å². The summed E-state index contributed by atoms with van der Waals surface area (Å²) in [5.74, 6) is 1.83. The summed E-state index contributed by atoms with van der Waals surface area (Å²) in [6.45, 7) is 5.02. The van der Waals surface area contributed by atoms with Crippen molar-refractivity contribution in [2.45, 2.75) is 25.3 Å². The Kier molecular flexibility index (Phi) is 4.02. The molecule has 1 N–H and O–H groups in total. The number of nitrogens with one attached hydrogen (secondary N) is 1. The zero-order chi connectivity index (χ0) is 9.68. The zero-order valence-electron chi connectivity index (χ0n) is 8.29. The number of aromatic nitrogens is 2. The lowest BCUT2D eigenvalue weighted by Crippen LogP contribution is -2.03. The van der Waals surface area contributed by atoms with Gasteiger partial charge in [0.15, 0.2) is 0 Å². The highest BCUT2D eigenvalue weighted by Crippen LogP contribution is 2.15. The van der Waals surface area contributed by atoms with Crippen LogP contribution in [-0.2, 0) is 6.42 Å². The predicted octanol–water partition coefficient (Wildman–Crippen LogP) is 2.19. The summed E-state index contributed by atoms with van der Waals surface area (Å²) in [7, 11) is 0. The zero-order valence-corrected chi connectivity index (χ0v) is 9.11. The van der Waals surface area contributed by atoms with Gasteiger partial charge in [0, 0.05) is 19.0 Å². The molecule has 1 aromatic rings. The lowest BCUT2D eigenvalue weighted by atomic mass is 10.4. The molecule has 0 aliphatic carbocycles. The van der Waals surface area contributed by atoms with Gasteiger partial charge >= 0.3 is 0 Å². The van der Waals surface area contributed by atoms with Crippen molar-refractivity contribution in [2.75, 3.05) is 18.1 Å². The van der Waals surface area contributed by atoms with Crippen LogP contribution in [0, 0.1) is 0 Å². The molecule has 0 fully saturated rings. The molecule has 72 valence electrons. The van der Waals surface area contributed by atoms with Crippen LogP contribution in [0.3, 0.4) is 0 Å². The Morgan fingerprint density at radius 3 is 2.69 bits per heavy atom. The summed E-state index contributed by atoms with van der Waals surface area (Å²) in [5, 5.41) is 4.22. The van der Waals surface area contributed by atoms with Crippen LogP contribution in [0.4, 0.5) is 5.82 Å². The van der Waals surface area contributed by atoms with Gasteiger partial charge in [0.2, 0.25) is 0 Å². The first-order valence-electron chi connectivity index (χ1n) is 4.46. The smallest absolute Gasteiger partial charge is 0.131 e. The highest BCUT2D eigenvalue weighted by molar-refractivity contribution is 7.98. The standard InChI is InChI=1S/C9H15N3S/c1-4-7-11-8(10-5-2)6-9(12-7)13-3/h6H,4-5H2,1-3H3,(H,10,11,12). The molecule has 0 aliphatic rings. The third-order valence-corrected chi connectivity index (χ3v) is 2.26. The molecule has 1 aromatic heterocycles. The number of hydrogen-bond donors (Lipinski definition) is 1. The summed E-state index contributed by atoms with van der Waals surface area (Å²) in [6.07, 6.45) is 2.91. The van der Waals surface area contributed by atoms with E-state index in [2.05, 4.69) is 29.1 Å². The fourth-order valence-corrected chi connectivity index (χ4v) is 1.43. The molecule has 4 heteroatoms. The van der Waals surface area contributed by atoms with Crippen molar-refractivity contribution in [3.05, 3.63) is 11.9 Å². The third kappa shape index (κ3) is 2.88. The molecule has 0 atom stereocenters. The van der Waals surface area contributed by atoms with Crippen molar-refractivity contribution in [1.82, 2.24) is 9.97 Å². The quantitative estimate of drug-likeness (QED) is 0.593. The van der Waals surface area contributed by atoms with E-state index < -0.39 is 0 Å². The van der Waals surface area contributed by atoms with Gasteiger partial charge < -0.3 is 5.32 Å². The van der Waals surface area contributed by atoms with Crippen molar-refractivity contribution >= 4 is 17.6 Å². The largest absolute Gasteiger partial charge is 0.370 e. The topological polar surface area (TPSA) is 37.8 Å². The fraction of sp³-hybridized carbons (Fsp3) is 0.556. The Morgan fingerprint density at radius 1 is 1.38 bits per heavy atom. The lowest BCUT2D eigenvalue weighted by Gasteiger charge is -2.05. The van der Waals surface area contributed by atoms with Gasteiger partial charge in [0.05, 0.1) is 0 Å².